The van der Waals surface area contributed by atoms with Gasteiger partial charge in [0.05, 0.1) is 31.0 Å². The lowest BCUT2D eigenvalue weighted by Gasteiger charge is -2.44. The third kappa shape index (κ3) is 9.31. The number of fused-ring (bicyclic) bond motifs is 3. The molecule has 1 aliphatic heterocycles. The van der Waals surface area contributed by atoms with E-state index in [-0.39, 0.29) is 18.0 Å². The Morgan fingerprint density at radius 2 is 1.68 bits per heavy atom. The van der Waals surface area contributed by atoms with E-state index in [0.717, 1.165) is 116 Å². The summed E-state index contributed by atoms with van der Waals surface area (Å²) in [6.07, 6.45) is 15.9. The maximum atomic E-state index is 12.6. The zero-order valence-corrected chi connectivity index (χ0v) is 31.7. The topological polar surface area (TPSA) is 83.2 Å². The van der Waals surface area contributed by atoms with Gasteiger partial charge in [-0.2, -0.15) is 9.61 Å². The third-order valence-electron chi connectivity index (χ3n) is 11.9. The summed E-state index contributed by atoms with van der Waals surface area (Å²) in [7, 11) is 0. The standard InChI is InChI=1S/C45H57N5O3/c1-35-43(38-19-9-7-10-20-38)44-46-40(32-41(50(44)47-35)49-26-24-48(25-27-49)28-29-51)39-21-12-16-36(31-39)15-8-5-3-2-4-6-11-30-53-42(52)34-45-22-13-17-37(33-45)18-14-23-45/h7,9-10,12,16,19-21,31-32,37,51H,2-6,11,13-14,17-18,22-30,33-34H2,1H3. The van der Waals surface area contributed by atoms with E-state index in [1.54, 1.807) is 0 Å². The molecule has 0 radical (unpaired) electrons. The van der Waals surface area contributed by atoms with E-state index in [4.69, 9.17) is 14.8 Å². The molecular formula is C45H57N5O3. The largest absolute Gasteiger partial charge is 0.466 e. The van der Waals surface area contributed by atoms with Gasteiger partial charge in [-0.25, -0.2) is 4.98 Å². The van der Waals surface area contributed by atoms with Crippen molar-refractivity contribution in [3.05, 3.63) is 71.9 Å². The SMILES string of the molecule is Cc1nn2c(N3CCN(CCO)CC3)cc(-c3cccc(C#CCCCCCCCOC(=O)CC45CCCC(CCC4)C5)c3)nc2c1-c1ccccc1. The van der Waals surface area contributed by atoms with Crippen molar-refractivity contribution in [3.8, 4) is 34.2 Å². The van der Waals surface area contributed by atoms with Gasteiger partial charge in [-0.3, -0.25) is 9.69 Å². The van der Waals surface area contributed by atoms with Gasteiger partial charge in [0.1, 0.15) is 5.82 Å². The van der Waals surface area contributed by atoms with Gasteiger partial charge < -0.3 is 14.7 Å². The number of hydrogen-bond donors (Lipinski definition) is 1. The van der Waals surface area contributed by atoms with Crippen LogP contribution in [0.1, 0.15) is 101 Å². The van der Waals surface area contributed by atoms with E-state index in [0.29, 0.717) is 19.6 Å². The number of ether oxygens (including phenoxy) is 1. The van der Waals surface area contributed by atoms with Gasteiger partial charge in [0.25, 0.3) is 0 Å². The van der Waals surface area contributed by atoms with Gasteiger partial charge in [-0.15, -0.1) is 0 Å². The van der Waals surface area contributed by atoms with Crippen LogP contribution < -0.4 is 4.90 Å². The first-order valence-corrected chi connectivity index (χ1v) is 20.3. The summed E-state index contributed by atoms with van der Waals surface area (Å²) in [6.45, 7) is 7.02. The number of carbonyl (C=O) groups is 1. The second-order valence-corrected chi connectivity index (χ2v) is 15.8. The number of rotatable bonds is 14. The number of aryl methyl sites for hydroxylation is 1. The van der Waals surface area contributed by atoms with Crippen molar-refractivity contribution in [2.45, 2.75) is 96.8 Å². The summed E-state index contributed by atoms with van der Waals surface area (Å²) >= 11 is 0. The van der Waals surface area contributed by atoms with Crippen LogP contribution in [-0.2, 0) is 9.53 Å². The van der Waals surface area contributed by atoms with Crippen LogP contribution in [0.25, 0.3) is 28.0 Å². The Balaban J connectivity index is 0.935. The van der Waals surface area contributed by atoms with Crippen molar-refractivity contribution >= 4 is 17.4 Å². The molecule has 3 heterocycles. The van der Waals surface area contributed by atoms with Gasteiger partial charge >= 0.3 is 5.97 Å². The predicted molar refractivity (Wildman–Crippen MR) is 213 cm³/mol. The molecule has 0 atom stereocenters. The second-order valence-electron chi connectivity index (χ2n) is 15.8. The number of unbranched alkanes of at least 4 members (excludes halogenated alkanes) is 5. The quantitative estimate of drug-likeness (QED) is 0.0797. The average Bonchev–Trinajstić information content (AvgIpc) is 3.51. The minimum Gasteiger partial charge on any atom is -0.466 e. The van der Waals surface area contributed by atoms with Crippen molar-refractivity contribution in [1.29, 1.82) is 0 Å². The molecule has 3 aliphatic rings. The number of β-amino-alcohol motifs (C(OH)–C–C–N with tert-alkyl or cyclic N) is 1. The lowest BCUT2D eigenvalue weighted by Crippen LogP contribution is -2.47. The number of nitrogens with zero attached hydrogens (tertiary/aromatic N) is 5. The molecule has 280 valence electrons. The molecule has 2 saturated carbocycles. The van der Waals surface area contributed by atoms with Crippen molar-refractivity contribution in [1.82, 2.24) is 19.5 Å². The minimum absolute atomic E-state index is 0.0333. The highest BCUT2D eigenvalue weighted by molar-refractivity contribution is 5.83. The highest BCUT2D eigenvalue weighted by Gasteiger charge is 2.41. The summed E-state index contributed by atoms with van der Waals surface area (Å²) in [6, 6.07) is 21.0. The molecule has 7 rings (SSSR count). The number of anilines is 1. The Morgan fingerprint density at radius 3 is 2.47 bits per heavy atom. The average molecular weight is 716 g/mol. The first-order valence-electron chi connectivity index (χ1n) is 20.3. The zero-order chi connectivity index (χ0) is 36.5. The fraction of sp³-hybridized carbons (Fsp3) is 0.533. The van der Waals surface area contributed by atoms with Crippen LogP contribution in [0.4, 0.5) is 5.82 Å². The number of esters is 1. The lowest BCUT2D eigenvalue weighted by molar-refractivity contribution is -0.148. The van der Waals surface area contributed by atoms with Crippen LogP contribution in [0.15, 0.2) is 60.7 Å². The molecule has 4 aromatic rings. The van der Waals surface area contributed by atoms with Crippen LogP contribution in [0.2, 0.25) is 0 Å². The van der Waals surface area contributed by atoms with E-state index in [1.165, 1.54) is 44.9 Å². The highest BCUT2D eigenvalue weighted by atomic mass is 16.5. The summed E-state index contributed by atoms with van der Waals surface area (Å²) < 4.78 is 7.70. The number of aliphatic hydroxyl groups excluding tert-OH is 1. The Labute approximate surface area is 315 Å². The molecule has 2 bridgehead atoms. The lowest BCUT2D eigenvalue weighted by atomic mass is 9.61. The van der Waals surface area contributed by atoms with E-state index in [2.05, 4.69) is 83.2 Å². The van der Waals surface area contributed by atoms with E-state index < -0.39 is 0 Å². The Hall–Kier alpha value is -4.19. The molecule has 8 nitrogen and oxygen atoms in total. The van der Waals surface area contributed by atoms with Crippen LogP contribution in [0.5, 0.6) is 0 Å². The number of hydrogen-bond acceptors (Lipinski definition) is 7. The monoisotopic (exact) mass is 715 g/mol. The van der Waals surface area contributed by atoms with Crippen LogP contribution in [0.3, 0.4) is 0 Å². The zero-order valence-electron chi connectivity index (χ0n) is 31.7. The maximum Gasteiger partial charge on any atom is 0.306 e. The summed E-state index contributed by atoms with van der Waals surface area (Å²) in [5.41, 5.74) is 7.17. The number of aromatic nitrogens is 3. The Bertz CT molecular complexity index is 1870. The number of carbonyl (C=O) groups excluding carboxylic acids is 1. The summed E-state index contributed by atoms with van der Waals surface area (Å²) in [4.78, 5) is 22.5. The summed E-state index contributed by atoms with van der Waals surface area (Å²) in [5.74, 6) is 8.74. The van der Waals surface area contributed by atoms with Crippen LogP contribution in [-0.4, -0.2) is 76.5 Å². The fourth-order valence-corrected chi connectivity index (χ4v) is 9.15. The molecule has 8 heteroatoms. The second kappa shape index (κ2) is 17.8. The molecule has 3 fully saturated rings. The van der Waals surface area contributed by atoms with Crippen molar-refractivity contribution in [2.75, 3.05) is 50.8 Å². The van der Waals surface area contributed by atoms with Gasteiger partial charge in [0.15, 0.2) is 5.65 Å². The molecule has 2 aromatic carbocycles. The van der Waals surface area contributed by atoms with Gasteiger partial charge in [-0.05, 0) is 68.1 Å². The molecular weight excluding hydrogens is 659 g/mol. The minimum atomic E-state index is 0.0333. The predicted octanol–water partition coefficient (Wildman–Crippen LogP) is 8.47. The van der Waals surface area contributed by atoms with Crippen LogP contribution in [0, 0.1) is 30.1 Å². The molecule has 1 saturated heterocycles. The molecule has 0 amide bonds. The van der Waals surface area contributed by atoms with E-state index in [9.17, 15) is 9.90 Å². The normalized spacial score (nSPS) is 20.3. The van der Waals surface area contributed by atoms with Gasteiger partial charge in [0.2, 0.25) is 0 Å². The third-order valence-corrected chi connectivity index (χ3v) is 11.9. The van der Waals surface area contributed by atoms with Crippen molar-refractivity contribution in [3.63, 3.8) is 0 Å². The van der Waals surface area contributed by atoms with Crippen molar-refractivity contribution in [2.24, 2.45) is 11.3 Å². The molecule has 53 heavy (non-hydrogen) atoms. The number of aliphatic hydroxyl groups is 1. The first-order chi connectivity index (χ1) is 26.0. The first kappa shape index (κ1) is 37.1. The molecule has 2 aliphatic carbocycles. The molecule has 1 N–H and O–H groups in total. The smallest absolute Gasteiger partial charge is 0.306 e. The molecule has 0 spiro atoms. The summed E-state index contributed by atoms with van der Waals surface area (Å²) in [5, 5.41) is 14.5. The van der Waals surface area contributed by atoms with Crippen molar-refractivity contribution < 1.29 is 14.6 Å². The Morgan fingerprint density at radius 1 is 0.925 bits per heavy atom. The number of piperazine rings is 1. The Kier molecular flexibility index (Phi) is 12.4. The maximum absolute atomic E-state index is 12.6. The van der Waals surface area contributed by atoms with E-state index in [1.807, 2.05) is 10.6 Å². The van der Waals surface area contributed by atoms with E-state index >= 15 is 0 Å². The van der Waals surface area contributed by atoms with Gasteiger partial charge in [0, 0.05) is 61.9 Å². The van der Waals surface area contributed by atoms with Crippen LogP contribution >= 0.6 is 0 Å². The molecule has 2 aromatic heterocycles. The molecule has 0 unspecified atom stereocenters. The van der Waals surface area contributed by atoms with Gasteiger partial charge in [-0.1, -0.05) is 99.3 Å². The fourth-order valence-electron chi connectivity index (χ4n) is 9.15. The highest BCUT2D eigenvalue weighted by Crippen LogP contribution is 2.51. The number of benzene rings is 2.